The molecule has 0 bridgehead atoms. The maximum atomic E-state index is 13.6. The van der Waals surface area contributed by atoms with Crippen molar-refractivity contribution >= 4 is 35.1 Å². The van der Waals surface area contributed by atoms with E-state index in [-0.39, 0.29) is 16.9 Å². The molecule has 1 fully saturated rings. The Morgan fingerprint density at radius 1 is 1.03 bits per heavy atom. The molecule has 0 atom stereocenters. The lowest BCUT2D eigenvalue weighted by Gasteiger charge is -2.32. The Morgan fingerprint density at radius 3 is 2.24 bits per heavy atom. The molecule has 3 aromatic rings. The van der Waals surface area contributed by atoms with E-state index in [1.54, 1.807) is 12.1 Å². The summed E-state index contributed by atoms with van der Waals surface area (Å²) in [6.07, 6.45) is -3.00. The quantitative estimate of drug-likeness (QED) is 0.581. The lowest BCUT2D eigenvalue weighted by molar-refractivity contribution is 0.00578. The van der Waals surface area contributed by atoms with Gasteiger partial charge in [-0.2, -0.15) is 0 Å². The second-order valence-corrected chi connectivity index (χ2v) is 9.37. The summed E-state index contributed by atoms with van der Waals surface area (Å²) in [5.74, 6) is -0.913. The number of anilines is 2. The van der Waals surface area contributed by atoms with Gasteiger partial charge in [-0.25, -0.2) is 23.5 Å². The maximum Gasteiger partial charge on any atom is 0.495 e. The van der Waals surface area contributed by atoms with Crippen molar-refractivity contribution in [1.29, 1.82) is 0 Å². The van der Waals surface area contributed by atoms with Gasteiger partial charge in [-0.1, -0.05) is 12.1 Å². The minimum absolute atomic E-state index is 0.0746. The number of alkyl halides is 2. The predicted molar refractivity (Wildman–Crippen MR) is 125 cm³/mol. The molecule has 1 N–H and O–H groups in total. The van der Waals surface area contributed by atoms with Crippen LogP contribution in [0.2, 0.25) is 0 Å². The third-order valence-electron chi connectivity index (χ3n) is 6.65. The van der Waals surface area contributed by atoms with E-state index in [1.165, 1.54) is 14.1 Å². The fourth-order valence-electron chi connectivity index (χ4n) is 3.81. The van der Waals surface area contributed by atoms with Crippen LogP contribution in [0.25, 0.3) is 11.0 Å². The molecule has 1 saturated heterocycles. The summed E-state index contributed by atoms with van der Waals surface area (Å²) in [6, 6.07) is 5.35. The van der Waals surface area contributed by atoms with E-state index in [0.29, 0.717) is 5.69 Å². The molecule has 1 aromatic carbocycles. The number of aryl methyl sites for hydroxylation is 1. The molecular formula is C22H26BF2N5O4. The van der Waals surface area contributed by atoms with Gasteiger partial charge in [0.1, 0.15) is 11.2 Å². The molecule has 3 heterocycles. The van der Waals surface area contributed by atoms with Gasteiger partial charge < -0.3 is 14.6 Å². The third-order valence-corrected chi connectivity index (χ3v) is 6.65. The van der Waals surface area contributed by atoms with Crippen LogP contribution in [-0.2, 0) is 23.4 Å². The number of benzene rings is 1. The molecule has 2 aromatic heterocycles. The summed E-state index contributed by atoms with van der Waals surface area (Å²) in [5, 5.41) is 2.93. The van der Waals surface area contributed by atoms with E-state index < -0.39 is 41.8 Å². The number of halogens is 2. The molecule has 0 radical (unpaired) electrons. The van der Waals surface area contributed by atoms with Crippen molar-refractivity contribution in [3.63, 3.8) is 0 Å². The molecule has 12 heteroatoms. The predicted octanol–water partition coefficient (Wildman–Crippen LogP) is 2.32. The second-order valence-electron chi connectivity index (χ2n) is 9.37. The zero-order valence-electron chi connectivity index (χ0n) is 20.1. The maximum absolute atomic E-state index is 13.6. The van der Waals surface area contributed by atoms with Crippen molar-refractivity contribution < 1.29 is 18.1 Å². The minimum Gasteiger partial charge on any atom is -0.399 e. The summed E-state index contributed by atoms with van der Waals surface area (Å²) in [5.41, 5.74) is -0.644. The van der Waals surface area contributed by atoms with Crippen LogP contribution < -0.4 is 22.0 Å². The van der Waals surface area contributed by atoms with E-state index in [0.717, 1.165) is 20.2 Å². The number of rotatable bonds is 4. The molecular weight excluding hydrogens is 447 g/mol. The van der Waals surface area contributed by atoms with Crippen LogP contribution in [0.3, 0.4) is 0 Å². The van der Waals surface area contributed by atoms with Gasteiger partial charge in [0.25, 0.3) is 12.0 Å². The van der Waals surface area contributed by atoms with Gasteiger partial charge in [-0.05, 0) is 51.7 Å². The number of hydrogen-bond donors (Lipinski definition) is 1. The third kappa shape index (κ3) is 3.70. The molecule has 0 amide bonds. The zero-order valence-corrected chi connectivity index (χ0v) is 20.1. The standard InChI is InChI=1S/C22H26BF2N5O4/c1-11-12(23-33-21(2,3)22(4,5)34-23)9-8-10-13(11)26-16-14-18(28-17(27-16)15(24)25)29(6)20(32)30(7)19(14)31/h8-10,15H,1-7H3,(H,26,27,28). The van der Waals surface area contributed by atoms with E-state index in [2.05, 4.69) is 15.3 Å². The van der Waals surface area contributed by atoms with Crippen LogP contribution >= 0.6 is 0 Å². The summed E-state index contributed by atoms with van der Waals surface area (Å²) < 4.78 is 41.4. The number of aromatic nitrogens is 4. The number of fused-ring (bicyclic) bond motifs is 1. The first-order valence-electron chi connectivity index (χ1n) is 10.7. The lowest BCUT2D eigenvalue weighted by Crippen LogP contribution is -2.41. The van der Waals surface area contributed by atoms with Crippen molar-refractivity contribution in [3.8, 4) is 0 Å². The van der Waals surface area contributed by atoms with Gasteiger partial charge in [0.2, 0.25) is 0 Å². The van der Waals surface area contributed by atoms with E-state index in [4.69, 9.17) is 9.31 Å². The molecule has 1 aliphatic heterocycles. The van der Waals surface area contributed by atoms with Crippen LogP contribution in [0, 0.1) is 6.92 Å². The normalized spacial score (nSPS) is 17.1. The highest BCUT2D eigenvalue weighted by molar-refractivity contribution is 6.62. The van der Waals surface area contributed by atoms with Gasteiger partial charge in [-0.15, -0.1) is 0 Å². The second kappa shape index (κ2) is 7.98. The van der Waals surface area contributed by atoms with Gasteiger partial charge in [0.05, 0.1) is 11.2 Å². The SMILES string of the molecule is Cc1c(Nc2nc(C(F)F)nc3c2c(=O)n(C)c(=O)n3C)cccc1B1OC(C)(C)C(C)(C)O1. The van der Waals surface area contributed by atoms with Crippen molar-refractivity contribution in [2.45, 2.75) is 52.2 Å². The van der Waals surface area contributed by atoms with Crippen molar-refractivity contribution in [3.05, 3.63) is 50.4 Å². The molecule has 0 unspecified atom stereocenters. The first-order chi connectivity index (χ1) is 15.7. The van der Waals surface area contributed by atoms with E-state index in [1.807, 2.05) is 40.7 Å². The Morgan fingerprint density at radius 2 is 1.65 bits per heavy atom. The van der Waals surface area contributed by atoms with Crippen molar-refractivity contribution in [1.82, 2.24) is 19.1 Å². The summed E-state index contributed by atoms with van der Waals surface area (Å²) >= 11 is 0. The minimum atomic E-state index is -3.00. The van der Waals surface area contributed by atoms with Crippen molar-refractivity contribution in [2.24, 2.45) is 14.1 Å². The Labute approximate surface area is 194 Å². The van der Waals surface area contributed by atoms with Crippen LogP contribution in [0.1, 0.15) is 45.5 Å². The Bertz CT molecular complexity index is 1400. The first-order valence-corrected chi connectivity index (χ1v) is 10.7. The van der Waals surface area contributed by atoms with Crippen molar-refractivity contribution in [2.75, 3.05) is 5.32 Å². The van der Waals surface area contributed by atoms with Gasteiger partial charge >= 0.3 is 12.8 Å². The topological polar surface area (TPSA) is 100 Å². The van der Waals surface area contributed by atoms with Gasteiger partial charge in [0, 0.05) is 19.8 Å². The monoisotopic (exact) mass is 473 g/mol. The molecule has 180 valence electrons. The molecule has 0 spiro atoms. The van der Waals surface area contributed by atoms with E-state index in [9.17, 15) is 18.4 Å². The zero-order chi connectivity index (χ0) is 25.2. The Hall–Kier alpha value is -3.12. The molecule has 0 aliphatic carbocycles. The van der Waals surface area contributed by atoms with Crippen LogP contribution in [0.4, 0.5) is 20.3 Å². The number of nitrogens with one attached hydrogen (secondary N) is 1. The summed E-state index contributed by atoms with van der Waals surface area (Å²) in [7, 11) is 2.03. The fourth-order valence-corrected chi connectivity index (χ4v) is 3.81. The van der Waals surface area contributed by atoms with Gasteiger partial charge in [0.15, 0.2) is 11.5 Å². The summed E-state index contributed by atoms with van der Waals surface area (Å²) in [6.45, 7) is 9.62. The van der Waals surface area contributed by atoms with Crippen LogP contribution in [-0.4, -0.2) is 37.4 Å². The number of nitrogens with zero attached hydrogens (tertiary/aromatic N) is 4. The highest BCUT2D eigenvalue weighted by atomic mass is 19.3. The first kappa shape index (κ1) is 24.0. The molecule has 9 nitrogen and oxygen atoms in total. The molecule has 1 aliphatic rings. The largest absolute Gasteiger partial charge is 0.495 e. The Kier molecular flexibility index (Phi) is 5.64. The van der Waals surface area contributed by atoms with E-state index >= 15 is 0 Å². The van der Waals surface area contributed by atoms with Gasteiger partial charge in [-0.3, -0.25) is 13.9 Å². The molecule has 4 rings (SSSR count). The Balaban J connectivity index is 1.86. The fraction of sp³-hybridized carbons (Fsp3) is 0.455. The lowest BCUT2D eigenvalue weighted by atomic mass is 9.76. The smallest absolute Gasteiger partial charge is 0.399 e. The summed E-state index contributed by atoms with van der Waals surface area (Å²) in [4.78, 5) is 32.9. The van der Waals surface area contributed by atoms with Crippen LogP contribution in [0.15, 0.2) is 27.8 Å². The average Bonchev–Trinajstić information content (AvgIpc) is 2.98. The van der Waals surface area contributed by atoms with Crippen LogP contribution in [0.5, 0.6) is 0 Å². The average molecular weight is 473 g/mol. The molecule has 0 saturated carbocycles. The number of hydrogen-bond acceptors (Lipinski definition) is 7. The highest BCUT2D eigenvalue weighted by Crippen LogP contribution is 2.37. The highest BCUT2D eigenvalue weighted by Gasteiger charge is 2.52. The molecule has 34 heavy (non-hydrogen) atoms.